The number of hydrogen-bond donors (Lipinski definition) is 1. The number of piperidine rings is 1. The van der Waals surface area contributed by atoms with Gasteiger partial charge in [0.2, 0.25) is 0 Å². The van der Waals surface area contributed by atoms with Gasteiger partial charge in [0.1, 0.15) is 6.61 Å². The molecule has 4 nitrogen and oxygen atoms in total. The lowest BCUT2D eigenvalue weighted by Crippen LogP contribution is -2.39. The summed E-state index contributed by atoms with van der Waals surface area (Å²) in [5.41, 5.74) is 4.30. The van der Waals surface area contributed by atoms with Gasteiger partial charge in [-0.1, -0.05) is 6.07 Å². The third-order valence-electron chi connectivity index (χ3n) is 4.29. The van der Waals surface area contributed by atoms with Crippen LogP contribution < -0.4 is 5.32 Å². The molecule has 0 spiro atoms. The maximum Gasteiger partial charge on any atom is 0.338 e. The van der Waals surface area contributed by atoms with Gasteiger partial charge >= 0.3 is 5.97 Å². The number of nitrogens with one attached hydrogen (secondary N) is 1. The van der Waals surface area contributed by atoms with Gasteiger partial charge in [0.15, 0.2) is 0 Å². The predicted molar refractivity (Wildman–Crippen MR) is 71.3 cm³/mol. The molecule has 2 unspecified atom stereocenters. The number of carbonyl (C=O) groups is 1. The van der Waals surface area contributed by atoms with Gasteiger partial charge in [-0.2, -0.15) is 0 Å². The Morgan fingerprint density at radius 1 is 1.37 bits per heavy atom. The average molecular weight is 261 g/mol. The first-order chi connectivity index (χ1) is 9.20. The summed E-state index contributed by atoms with van der Waals surface area (Å²) in [5, 5.41) is 3.41. The predicted octanol–water partition coefficient (Wildman–Crippen LogP) is 1.76. The van der Waals surface area contributed by atoms with Crippen molar-refractivity contribution < 1.29 is 14.3 Å². The number of methoxy groups -OCH3 is 1. The summed E-state index contributed by atoms with van der Waals surface area (Å²) in [7, 11) is 1.76. The fourth-order valence-corrected chi connectivity index (χ4v) is 3.13. The molecule has 1 aromatic rings. The summed E-state index contributed by atoms with van der Waals surface area (Å²) in [5.74, 6) is 0.251. The number of cyclic esters (lactones) is 1. The zero-order valence-electron chi connectivity index (χ0n) is 11.4. The van der Waals surface area contributed by atoms with Crippen LogP contribution in [0, 0.1) is 6.92 Å². The molecule has 0 saturated carbocycles. The Balaban J connectivity index is 1.91. The largest absolute Gasteiger partial charge is 0.457 e. The summed E-state index contributed by atoms with van der Waals surface area (Å²) in [6, 6.07) is 3.98. The van der Waals surface area contributed by atoms with Crippen molar-refractivity contribution in [3.05, 3.63) is 34.4 Å². The Hall–Kier alpha value is -1.39. The Morgan fingerprint density at radius 3 is 3.00 bits per heavy atom. The van der Waals surface area contributed by atoms with E-state index < -0.39 is 0 Å². The standard InChI is InChI=1S/C15H19NO3/c1-9-12(10-5-11(18-2)7-16-6-10)3-4-13-14(9)8-19-15(13)17/h3-4,10-11,16H,5-8H2,1-2H3. The molecule has 1 aromatic carbocycles. The molecule has 1 fully saturated rings. The van der Waals surface area contributed by atoms with Crippen LogP contribution in [0.4, 0.5) is 0 Å². The molecule has 0 aromatic heterocycles. The van der Waals surface area contributed by atoms with E-state index in [1.54, 1.807) is 7.11 Å². The quantitative estimate of drug-likeness (QED) is 0.824. The number of esters is 1. The van der Waals surface area contributed by atoms with Crippen molar-refractivity contribution in [2.45, 2.75) is 32.0 Å². The van der Waals surface area contributed by atoms with E-state index in [2.05, 4.69) is 18.3 Å². The molecule has 2 heterocycles. The third-order valence-corrected chi connectivity index (χ3v) is 4.29. The Bertz CT molecular complexity index is 512. The lowest BCUT2D eigenvalue weighted by molar-refractivity contribution is 0.0535. The molecule has 0 radical (unpaired) electrons. The van der Waals surface area contributed by atoms with Gasteiger partial charge in [-0.05, 0) is 36.5 Å². The van der Waals surface area contributed by atoms with Gasteiger partial charge in [-0.25, -0.2) is 4.79 Å². The molecule has 2 aliphatic heterocycles. The van der Waals surface area contributed by atoms with Gasteiger partial charge in [0.25, 0.3) is 0 Å². The second kappa shape index (κ2) is 4.94. The summed E-state index contributed by atoms with van der Waals surface area (Å²) < 4.78 is 10.6. The summed E-state index contributed by atoms with van der Waals surface area (Å²) >= 11 is 0. The van der Waals surface area contributed by atoms with Crippen molar-refractivity contribution >= 4 is 5.97 Å². The van der Waals surface area contributed by atoms with Crippen molar-refractivity contribution in [3.8, 4) is 0 Å². The minimum atomic E-state index is -0.193. The molecule has 2 aliphatic rings. The molecule has 3 rings (SSSR count). The normalized spacial score (nSPS) is 26.1. The van der Waals surface area contributed by atoms with Crippen molar-refractivity contribution in [1.82, 2.24) is 5.32 Å². The molecule has 1 saturated heterocycles. The van der Waals surface area contributed by atoms with Crippen LogP contribution in [0.15, 0.2) is 12.1 Å². The smallest absolute Gasteiger partial charge is 0.338 e. The molecule has 4 heteroatoms. The summed E-state index contributed by atoms with van der Waals surface area (Å²) in [6.45, 7) is 4.39. The van der Waals surface area contributed by atoms with Gasteiger partial charge in [0.05, 0.1) is 11.7 Å². The molecule has 1 N–H and O–H groups in total. The maximum absolute atomic E-state index is 11.5. The van der Waals surface area contributed by atoms with Crippen LogP contribution in [0.25, 0.3) is 0 Å². The number of hydrogen-bond acceptors (Lipinski definition) is 4. The van der Waals surface area contributed by atoms with Crippen LogP contribution >= 0.6 is 0 Å². The second-order valence-electron chi connectivity index (χ2n) is 5.33. The maximum atomic E-state index is 11.5. The zero-order valence-corrected chi connectivity index (χ0v) is 11.4. The molecule has 0 amide bonds. The highest BCUT2D eigenvalue weighted by atomic mass is 16.5. The minimum absolute atomic E-state index is 0.193. The van der Waals surface area contributed by atoms with E-state index in [0.29, 0.717) is 12.5 Å². The van der Waals surface area contributed by atoms with Gasteiger partial charge in [-0.3, -0.25) is 0 Å². The van der Waals surface area contributed by atoms with Crippen LogP contribution in [0.1, 0.15) is 39.4 Å². The van der Waals surface area contributed by atoms with Crippen molar-refractivity contribution in [2.24, 2.45) is 0 Å². The highest BCUT2D eigenvalue weighted by Crippen LogP contribution is 2.32. The number of carbonyl (C=O) groups excluding carboxylic acids is 1. The van der Waals surface area contributed by atoms with Crippen molar-refractivity contribution in [3.63, 3.8) is 0 Å². The fourth-order valence-electron chi connectivity index (χ4n) is 3.13. The molecule has 2 atom stereocenters. The average Bonchev–Trinajstić information content (AvgIpc) is 2.82. The van der Waals surface area contributed by atoms with Crippen molar-refractivity contribution in [1.29, 1.82) is 0 Å². The molecule has 19 heavy (non-hydrogen) atoms. The van der Waals surface area contributed by atoms with Crippen LogP contribution in [0.5, 0.6) is 0 Å². The molecule has 102 valence electrons. The minimum Gasteiger partial charge on any atom is -0.457 e. The number of fused-ring (bicyclic) bond motifs is 1. The van der Waals surface area contributed by atoms with Crippen molar-refractivity contribution in [2.75, 3.05) is 20.2 Å². The number of ether oxygens (including phenoxy) is 2. The molecular formula is C15H19NO3. The highest BCUT2D eigenvalue weighted by Gasteiger charge is 2.28. The summed E-state index contributed by atoms with van der Waals surface area (Å²) in [4.78, 5) is 11.5. The zero-order chi connectivity index (χ0) is 13.4. The van der Waals surface area contributed by atoms with Gasteiger partial charge in [-0.15, -0.1) is 0 Å². The lowest BCUT2D eigenvalue weighted by Gasteiger charge is -2.30. The van der Waals surface area contributed by atoms with E-state index in [0.717, 1.165) is 30.6 Å². The summed E-state index contributed by atoms with van der Waals surface area (Å²) in [6.07, 6.45) is 1.29. The first kappa shape index (κ1) is 12.6. The van der Waals surface area contributed by atoms with Crippen LogP contribution in [0.2, 0.25) is 0 Å². The Labute approximate surface area is 113 Å². The highest BCUT2D eigenvalue weighted by molar-refractivity contribution is 5.93. The lowest BCUT2D eigenvalue weighted by atomic mass is 9.85. The topological polar surface area (TPSA) is 47.6 Å². The van der Waals surface area contributed by atoms with Crippen LogP contribution in [-0.4, -0.2) is 32.3 Å². The van der Waals surface area contributed by atoms with E-state index in [4.69, 9.17) is 9.47 Å². The third kappa shape index (κ3) is 2.15. The van der Waals surface area contributed by atoms with Gasteiger partial charge < -0.3 is 14.8 Å². The second-order valence-corrected chi connectivity index (χ2v) is 5.33. The van der Waals surface area contributed by atoms with Crippen LogP contribution in [0.3, 0.4) is 0 Å². The molecule has 0 bridgehead atoms. The first-order valence-corrected chi connectivity index (χ1v) is 6.73. The Kier molecular flexibility index (Phi) is 3.29. The number of rotatable bonds is 2. The Morgan fingerprint density at radius 2 is 2.21 bits per heavy atom. The van der Waals surface area contributed by atoms with Crippen LogP contribution in [-0.2, 0) is 16.1 Å². The van der Waals surface area contributed by atoms with E-state index in [1.807, 2.05) is 6.07 Å². The van der Waals surface area contributed by atoms with E-state index in [-0.39, 0.29) is 12.1 Å². The molecule has 0 aliphatic carbocycles. The molecular weight excluding hydrogens is 242 g/mol. The SMILES string of the molecule is COC1CNCC(c2ccc3c(c2C)COC3=O)C1. The first-order valence-electron chi connectivity index (χ1n) is 6.73. The monoisotopic (exact) mass is 261 g/mol. The fraction of sp³-hybridized carbons (Fsp3) is 0.533. The van der Waals surface area contributed by atoms with E-state index in [9.17, 15) is 4.79 Å². The van der Waals surface area contributed by atoms with E-state index >= 15 is 0 Å². The van der Waals surface area contributed by atoms with E-state index in [1.165, 1.54) is 11.1 Å². The number of benzene rings is 1. The van der Waals surface area contributed by atoms with Gasteiger partial charge in [0, 0.05) is 25.8 Å².